The first-order chi connectivity index (χ1) is 12.8. The summed E-state index contributed by atoms with van der Waals surface area (Å²) in [6, 6.07) is 10.4. The topological polar surface area (TPSA) is 15.6 Å². The van der Waals surface area contributed by atoms with Crippen molar-refractivity contribution in [3.8, 4) is 0 Å². The molecule has 0 spiro atoms. The number of amidine groups is 1. The van der Waals surface area contributed by atoms with E-state index < -0.39 is 11.6 Å². The number of halogens is 2. The molecule has 1 heterocycles. The minimum absolute atomic E-state index is 0.132. The third-order valence-electron chi connectivity index (χ3n) is 5.57. The van der Waals surface area contributed by atoms with Crippen molar-refractivity contribution in [3.63, 3.8) is 0 Å². The molecule has 0 aliphatic carbocycles. The van der Waals surface area contributed by atoms with Crippen LogP contribution in [-0.2, 0) is 0 Å². The number of nitrogens with zero attached hydrogens (tertiary/aromatic N) is 2. The predicted octanol–water partition coefficient (Wildman–Crippen LogP) is 6.15. The van der Waals surface area contributed by atoms with Crippen LogP contribution in [0.4, 0.5) is 14.5 Å². The second-order valence-electron chi connectivity index (χ2n) is 7.82. The Kier molecular flexibility index (Phi) is 5.93. The van der Waals surface area contributed by atoms with Crippen molar-refractivity contribution < 1.29 is 8.78 Å². The van der Waals surface area contributed by atoms with Crippen LogP contribution in [0.25, 0.3) is 0 Å². The molecule has 1 aliphatic heterocycles. The third-order valence-corrected chi connectivity index (χ3v) is 5.57. The molecule has 2 atom stereocenters. The molecule has 0 saturated carbocycles. The van der Waals surface area contributed by atoms with E-state index in [0.29, 0.717) is 5.92 Å². The maximum Gasteiger partial charge on any atom is 0.129 e. The molecule has 144 valence electrons. The third kappa shape index (κ3) is 4.55. The number of likely N-dealkylation sites (tertiary alicyclic amines) is 1. The first-order valence-corrected chi connectivity index (χ1v) is 9.66. The van der Waals surface area contributed by atoms with Gasteiger partial charge in [-0.2, -0.15) is 0 Å². The Morgan fingerprint density at radius 2 is 1.89 bits per heavy atom. The van der Waals surface area contributed by atoms with Crippen LogP contribution in [0.3, 0.4) is 0 Å². The molecule has 1 aliphatic rings. The summed E-state index contributed by atoms with van der Waals surface area (Å²) in [5.41, 5.74) is 3.60. The fourth-order valence-corrected chi connectivity index (χ4v) is 4.00. The summed E-state index contributed by atoms with van der Waals surface area (Å²) >= 11 is 0. The zero-order chi connectivity index (χ0) is 19.6. The molecule has 3 rings (SSSR count). The van der Waals surface area contributed by atoms with E-state index in [-0.39, 0.29) is 11.5 Å². The quantitative estimate of drug-likeness (QED) is 0.466. The summed E-state index contributed by atoms with van der Waals surface area (Å²) in [6.45, 7) is 9.94. The Morgan fingerprint density at radius 1 is 1.19 bits per heavy atom. The molecule has 1 fully saturated rings. The highest BCUT2D eigenvalue weighted by atomic mass is 19.1. The normalized spacial score (nSPS) is 18.8. The van der Waals surface area contributed by atoms with Gasteiger partial charge in [0.2, 0.25) is 0 Å². The van der Waals surface area contributed by atoms with E-state index in [1.165, 1.54) is 29.3 Å². The molecular weight excluding hydrogens is 342 g/mol. The predicted molar refractivity (Wildman–Crippen MR) is 108 cm³/mol. The molecule has 0 N–H and O–H groups in total. The zero-order valence-corrected chi connectivity index (χ0v) is 16.6. The van der Waals surface area contributed by atoms with E-state index in [0.717, 1.165) is 37.5 Å². The van der Waals surface area contributed by atoms with Crippen molar-refractivity contribution >= 4 is 11.5 Å². The molecule has 2 aromatic carbocycles. The highest BCUT2D eigenvalue weighted by molar-refractivity contribution is 5.83. The molecule has 0 bridgehead atoms. The second kappa shape index (κ2) is 8.20. The molecule has 1 saturated heterocycles. The maximum absolute atomic E-state index is 14.0. The van der Waals surface area contributed by atoms with Gasteiger partial charge in [0.05, 0.1) is 5.69 Å². The van der Waals surface area contributed by atoms with Crippen LogP contribution in [0, 0.1) is 31.4 Å². The van der Waals surface area contributed by atoms with Crippen LogP contribution < -0.4 is 0 Å². The van der Waals surface area contributed by atoms with Crippen LogP contribution in [0.2, 0.25) is 0 Å². The van der Waals surface area contributed by atoms with Crippen molar-refractivity contribution in [2.24, 2.45) is 10.9 Å². The average Bonchev–Trinajstić information content (AvgIpc) is 3.06. The molecule has 2 unspecified atom stereocenters. The number of aliphatic imine (C=N–C) groups is 1. The summed E-state index contributed by atoms with van der Waals surface area (Å²) in [5.74, 6) is 0.418. The number of rotatable bonds is 4. The van der Waals surface area contributed by atoms with Crippen molar-refractivity contribution in [1.82, 2.24) is 4.90 Å². The van der Waals surface area contributed by atoms with Gasteiger partial charge in [-0.1, -0.05) is 25.1 Å². The van der Waals surface area contributed by atoms with Crippen molar-refractivity contribution in [2.45, 2.75) is 46.5 Å². The Bertz CT molecular complexity index is 824. The van der Waals surface area contributed by atoms with Gasteiger partial charge in [-0.3, -0.25) is 0 Å². The minimum atomic E-state index is -0.440. The van der Waals surface area contributed by atoms with Gasteiger partial charge in [0.25, 0.3) is 0 Å². The van der Waals surface area contributed by atoms with Crippen molar-refractivity contribution in [3.05, 3.63) is 64.7 Å². The maximum atomic E-state index is 14.0. The largest absolute Gasteiger partial charge is 0.360 e. The van der Waals surface area contributed by atoms with E-state index in [1.54, 1.807) is 0 Å². The van der Waals surface area contributed by atoms with Crippen LogP contribution in [0.5, 0.6) is 0 Å². The average molecular weight is 370 g/mol. The second-order valence-corrected chi connectivity index (χ2v) is 7.82. The van der Waals surface area contributed by atoms with Crippen LogP contribution in [-0.4, -0.2) is 23.8 Å². The lowest BCUT2D eigenvalue weighted by molar-refractivity contribution is 0.422. The SMILES string of the molecule is CC(=Nc1cc(C)ccc1C)N1CCC(CC(C)c2c(F)cccc2F)C1. The highest BCUT2D eigenvalue weighted by Gasteiger charge is 2.27. The lowest BCUT2D eigenvalue weighted by atomic mass is 9.89. The zero-order valence-electron chi connectivity index (χ0n) is 16.6. The van der Waals surface area contributed by atoms with E-state index in [4.69, 9.17) is 4.99 Å². The van der Waals surface area contributed by atoms with Crippen LogP contribution in [0.1, 0.15) is 49.3 Å². The van der Waals surface area contributed by atoms with Crippen LogP contribution in [0.15, 0.2) is 41.4 Å². The first kappa shape index (κ1) is 19.5. The van der Waals surface area contributed by atoms with E-state index >= 15 is 0 Å². The van der Waals surface area contributed by atoms with Crippen molar-refractivity contribution in [2.75, 3.05) is 13.1 Å². The molecule has 0 radical (unpaired) electrons. The minimum Gasteiger partial charge on any atom is -0.360 e. The van der Waals surface area contributed by atoms with Gasteiger partial charge >= 0.3 is 0 Å². The van der Waals surface area contributed by atoms with Gasteiger partial charge in [0, 0.05) is 18.7 Å². The van der Waals surface area contributed by atoms with Crippen LogP contribution >= 0.6 is 0 Å². The summed E-state index contributed by atoms with van der Waals surface area (Å²) in [5, 5.41) is 0. The van der Waals surface area contributed by atoms with Gasteiger partial charge in [-0.25, -0.2) is 13.8 Å². The number of hydrogen-bond donors (Lipinski definition) is 0. The van der Waals surface area contributed by atoms with E-state index in [9.17, 15) is 8.78 Å². The van der Waals surface area contributed by atoms with Gasteiger partial charge in [0.15, 0.2) is 0 Å². The molecule has 2 aromatic rings. The molecule has 27 heavy (non-hydrogen) atoms. The Hall–Kier alpha value is -2.23. The standard InChI is InChI=1S/C23H28F2N2/c1-15-8-9-16(2)22(12-15)26-18(4)27-11-10-19(14-27)13-17(3)23-20(24)6-5-7-21(23)25/h5-9,12,17,19H,10-11,13-14H2,1-4H3. The molecule has 2 nitrogen and oxygen atoms in total. The molecule has 4 heteroatoms. The van der Waals surface area contributed by atoms with E-state index in [2.05, 4.69) is 36.9 Å². The fraction of sp³-hybridized carbons (Fsp3) is 0.435. The Morgan fingerprint density at radius 3 is 2.59 bits per heavy atom. The number of hydrogen-bond acceptors (Lipinski definition) is 1. The number of aryl methyl sites for hydroxylation is 2. The van der Waals surface area contributed by atoms with Gasteiger partial charge < -0.3 is 4.90 Å². The molecule has 0 aromatic heterocycles. The number of benzene rings is 2. The summed E-state index contributed by atoms with van der Waals surface area (Å²) in [4.78, 5) is 7.11. The molecule has 0 amide bonds. The Labute approximate surface area is 160 Å². The lowest BCUT2D eigenvalue weighted by Gasteiger charge is -2.21. The lowest BCUT2D eigenvalue weighted by Crippen LogP contribution is -2.26. The van der Waals surface area contributed by atoms with E-state index in [1.807, 2.05) is 13.8 Å². The smallest absolute Gasteiger partial charge is 0.129 e. The highest BCUT2D eigenvalue weighted by Crippen LogP contribution is 2.32. The summed E-state index contributed by atoms with van der Waals surface area (Å²) in [7, 11) is 0. The monoisotopic (exact) mass is 370 g/mol. The summed E-state index contributed by atoms with van der Waals surface area (Å²) in [6.07, 6.45) is 1.81. The van der Waals surface area contributed by atoms with Crippen molar-refractivity contribution in [1.29, 1.82) is 0 Å². The van der Waals surface area contributed by atoms with Gasteiger partial charge in [0.1, 0.15) is 17.5 Å². The fourth-order valence-electron chi connectivity index (χ4n) is 4.00. The Balaban J connectivity index is 1.66. The van der Waals surface area contributed by atoms with Gasteiger partial charge in [-0.05, 0) is 74.8 Å². The van der Waals surface area contributed by atoms with Gasteiger partial charge in [-0.15, -0.1) is 0 Å². The first-order valence-electron chi connectivity index (χ1n) is 9.66. The summed E-state index contributed by atoms with van der Waals surface area (Å²) < 4.78 is 28.0. The molecular formula is C23H28F2N2.